The first-order valence-corrected chi connectivity index (χ1v) is 4.89. The van der Waals surface area contributed by atoms with Crippen LogP contribution in [-0.4, -0.2) is 18.3 Å². The number of phenolic OH excluding ortho intramolecular Hbond substituents is 1. The molecule has 1 aromatic rings. The molecule has 0 aliphatic carbocycles. The van der Waals surface area contributed by atoms with Crippen molar-refractivity contribution in [3.8, 4) is 5.75 Å². The minimum Gasteiger partial charge on any atom is -0.507 e. The standard InChI is InChI=1S/C9H8BrFO3/c10-8-5(11)1-2-6(12)7(8)9-13-3-4-14-9/h1-2,9,12H,3-4H2. The Balaban J connectivity index is 2.44. The molecule has 1 N–H and O–H groups in total. The number of halogens is 2. The van der Waals surface area contributed by atoms with Gasteiger partial charge in [0.2, 0.25) is 0 Å². The Hall–Kier alpha value is -0.650. The van der Waals surface area contributed by atoms with E-state index in [4.69, 9.17) is 9.47 Å². The zero-order valence-electron chi connectivity index (χ0n) is 7.17. The van der Waals surface area contributed by atoms with Crippen LogP contribution < -0.4 is 0 Å². The molecular weight excluding hydrogens is 255 g/mol. The smallest absolute Gasteiger partial charge is 0.188 e. The lowest BCUT2D eigenvalue weighted by atomic mass is 10.2. The lowest BCUT2D eigenvalue weighted by Gasteiger charge is -2.13. The first-order chi connectivity index (χ1) is 6.70. The summed E-state index contributed by atoms with van der Waals surface area (Å²) in [7, 11) is 0. The van der Waals surface area contributed by atoms with Crippen molar-refractivity contribution in [2.24, 2.45) is 0 Å². The van der Waals surface area contributed by atoms with Crippen molar-refractivity contribution in [3.05, 3.63) is 28.0 Å². The molecule has 5 heteroatoms. The van der Waals surface area contributed by atoms with E-state index in [2.05, 4.69) is 15.9 Å². The Labute approximate surface area is 88.6 Å². The molecule has 1 aromatic carbocycles. The van der Waals surface area contributed by atoms with E-state index in [0.717, 1.165) is 0 Å². The monoisotopic (exact) mass is 262 g/mol. The third kappa shape index (κ3) is 1.63. The molecule has 0 amide bonds. The quantitative estimate of drug-likeness (QED) is 0.845. The van der Waals surface area contributed by atoms with Crippen LogP contribution in [0, 0.1) is 5.82 Å². The first kappa shape index (κ1) is 9.89. The lowest BCUT2D eigenvalue weighted by Crippen LogP contribution is -2.01. The molecule has 0 aromatic heterocycles. The normalized spacial score (nSPS) is 17.6. The minimum absolute atomic E-state index is 0.0369. The molecule has 1 saturated heterocycles. The maximum atomic E-state index is 13.1. The largest absolute Gasteiger partial charge is 0.507 e. The van der Waals surface area contributed by atoms with Crippen molar-refractivity contribution >= 4 is 15.9 Å². The van der Waals surface area contributed by atoms with Gasteiger partial charge in [0.1, 0.15) is 11.6 Å². The third-order valence-corrected chi connectivity index (χ3v) is 2.77. The average molecular weight is 263 g/mol. The van der Waals surface area contributed by atoms with Crippen LogP contribution in [0.15, 0.2) is 16.6 Å². The number of hydrogen-bond acceptors (Lipinski definition) is 3. The topological polar surface area (TPSA) is 38.7 Å². The summed E-state index contributed by atoms with van der Waals surface area (Å²) in [6.07, 6.45) is -0.680. The van der Waals surface area contributed by atoms with Crippen molar-refractivity contribution in [1.82, 2.24) is 0 Å². The van der Waals surface area contributed by atoms with Gasteiger partial charge in [0.25, 0.3) is 0 Å². The number of aromatic hydroxyl groups is 1. The van der Waals surface area contributed by atoms with Crippen LogP contribution in [0.1, 0.15) is 11.9 Å². The highest BCUT2D eigenvalue weighted by Gasteiger charge is 2.25. The van der Waals surface area contributed by atoms with Crippen molar-refractivity contribution in [2.45, 2.75) is 6.29 Å². The van der Waals surface area contributed by atoms with Crippen LogP contribution in [0.4, 0.5) is 4.39 Å². The van der Waals surface area contributed by atoms with Gasteiger partial charge in [0.05, 0.1) is 23.2 Å². The highest BCUT2D eigenvalue weighted by molar-refractivity contribution is 9.10. The maximum Gasteiger partial charge on any atom is 0.188 e. The van der Waals surface area contributed by atoms with E-state index < -0.39 is 12.1 Å². The SMILES string of the molecule is Oc1ccc(F)c(Br)c1C1OCCO1. The number of hydrogen-bond donors (Lipinski definition) is 1. The second-order valence-electron chi connectivity index (χ2n) is 2.87. The van der Waals surface area contributed by atoms with E-state index in [1.165, 1.54) is 12.1 Å². The first-order valence-electron chi connectivity index (χ1n) is 4.10. The summed E-state index contributed by atoms with van der Waals surface area (Å²) in [6.45, 7) is 0.903. The molecule has 1 heterocycles. The molecule has 0 spiro atoms. The van der Waals surface area contributed by atoms with Crippen LogP contribution in [0.5, 0.6) is 5.75 Å². The summed E-state index contributed by atoms with van der Waals surface area (Å²) < 4.78 is 23.7. The number of rotatable bonds is 1. The summed E-state index contributed by atoms with van der Waals surface area (Å²) in [4.78, 5) is 0. The summed E-state index contributed by atoms with van der Waals surface area (Å²) in [5, 5.41) is 9.52. The van der Waals surface area contributed by atoms with Crippen molar-refractivity contribution in [3.63, 3.8) is 0 Å². The van der Waals surface area contributed by atoms with E-state index in [1.54, 1.807) is 0 Å². The van der Waals surface area contributed by atoms with Crippen LogP contribution in [0.25, 0.3) is 0 Å². The van der Waals surface area contributed by atoms with E-state index in [0.29, 0.717) is 18.8 Å². The van der Waals surface area contributed by atoms with Crippen molar-refractivity contribution in [1.29, 1.82) is 0 Å². The lowest BCUT2D eigenvalue weighted by molar-refractivity contribution is -0.0462. The van der Waals surface area contributed by atoms with Gasteiger partial charge in [-0.2, -0.15) is 0 Å². The Morgan fingerprint density at radius 1 is 1.36 bits per heavy atom. The van der Waals surface area contributed by atoms with Gasteiger partial charge < -0.3 is 14.6 Å². The molecule has 2 rings (SSSR count). The molecule has 1 aliphatic heterocycles. The highest BCUT2D eigenvalue weighted by Crippen LogP contribution is 2.37. The Bertz CT molecular complexity index is 350. The van der Waals surface area contributed by atoms with Gasteiger partial charge >= 0.3 is 0 Å². The molecule has 0 bridgehead atoms. The van der Waals surface area contributed by atoms with Crippen LogP contribution in [-0.2, 0) is 9.47 Å². The van der Waals surface area contributed by atoms with E-state index in [9.17, 15) is 9.50 Å². The molecule has 76 valence electrons. The van der Waals surface area contributed by atoms with Gasteiger partial charge in [0.15, 0.2) is 6.29 Å². The Kier molecular flexibility index (Phi) is 2.71. The van der Waals surface area contributed by atoms with E-state index in [-0.39, 0.29) is 10.2 Å². The molecule has 0 unspecified atom stereocenters. The van der Waals surface area contributed by atoms with Gasteiger partial charge in [-0.25, -0.2) is 4.39 Å². The summed E-state index contributed by atoms with van der Waals surface area (Å²) in [6, 6.07) is 2.46. The number of phenols is 1. The van der Waals surface area contributed by atoms with Crippen molar-refractivity contribution < 1.29 is 19.0 Å². The highest BCUT2D eigenvalue weighted by atomic mass is 79.9. The van der Waals surface area contributed by atoms with Crippen LogP contribution >= 0.6 is 15.9 Å². The molecule has 1 aliphatic rings. The molecule has 0 radical (unpaired) electrons. The summed E-state index contributed by atoms with van der Waals surface area (Å²) in [5.41, 5.74) is 0.308. The second-order valence-corrected chi connectivity index (χ2v) is 3.66. The van der Waals surface area contributed by atoms with Gasteiger partial charge in [-0.1, -0.05) is 0 Å². The zero-order chi connectivity index (χ0) is 10.1. The van der Waals surface area contributed by atoms with Gasteiger partial charge in [0, 0.05) is 0 Å². The average Bonchev–Trinajstić information content (AvgIpc) is 2.65. The fourth-order valence-electron chi connectivity index (χ4n) is 1.31. The fourth-order valence-corrected chi connectivity index (χ4v) is 1.83. The van der Waals surface area contributed by atoms with Gasteiger partial charge in [-0.05, 0) is 28.1 Å². The molecular formula is C9H8BrFO3. The van der Waals surface area contributed by atoms with Gasteiger partial charge in [-0.15, -0.1) is 0 Å². The second kappa shape index (κ2) is 3.84. The zero-order valence-corrected chi connectivity index (χ0v) is 8.75. The molecule has 3 nitrogen and oxygen atoms in total. The predicted octanol–water partition coefficient (Wildman–Crippen LogP) is 2.34. The fraction of sp³-hybridized carbons (Fsp3) is 0.333. The number of benzene rings is 1. The summed E-state index contributed by atoms with van der Waals surface area (Å²) in [5.74, 6) is -0.484. The molecule has 1 fully saturated rings. The van der Waals surface area contributed by atoms with Gasteiger partial charge in [-0.3, -0.25) is 0 Å². The Morgan fingerprint density at radius 3 is 2.64 bits per heavy atom. The van der Waals surface area contributed by atoms with Crippen LogP contribution in [0.3, 0.4) is 0 Å². The Morgan fingerprint density at radius 2 is 2.00 bits per heavy atom. The predicted molar refractivity (Wildman–Crippen MR) is 50.4 cm³/mol. The van der Waals surface area contributed by atoms with Crippen molar-refractivity contribution in [2.75, 3.05) is 13.2 Å². The molecule has 0 atom stereocenters. The van der Waals surface area contributed by atoms with Crippen LogP contribution in [0.2, 0.25) is 0 Å². The van der Waals surface area contributed by atoms with E-state index >= 15 is 0 Å². The number of ether oxygens (including phenoxy) is 2. The maximum absolute atomic E-state index is 13.1. The molecule has 0 saturated carbocycles. The summed E-state index contributed by atoms with van der Waals surface area (Å²) >= 11 is 3.05. The van der Waals surface area contributed by atoms with E-state index in [1.807, 2.05) is 0 Å². The molecule has 14 heavy (non-hydrogen) atoms. The third-order valence-electron chi connectivity index (χ3n) is 1.97. The minimum atomic E-state index is -0.680.